The molecule has 0 unspecified atom stereocenters. The van der Waals surface area contributed by atoms with E-state index in [0.717, 1.165) is 22.5 Å². The molecule has 3 nitrogen and oxygen atoms in total. The highest BCUT2D eigenvalue weighted by molar-refractivity contribution is 9.10. The second-order valence-corrected chi connectivity index (χ2v) is 5.28. The van der Waals surface area contributed by atoms with Crippen molar-refractivity contribution in [3.8, 4) is 0 Å². The van der Waals surface area contributed by atoms with Crippen LogP contribution < -0.4 is 5.32 Å². The number of carbonyl (C=O) groups is 1. The summed E-state index contributed by atoms with van der Waals surface area (Å²) < 4.78 is 6.18. The van der Waals surface area contributed by atoms with Crippen LogP contribution in [0.2, 0.25) is 0 Å². The highest BCUT2D eigenvalue weighted by Crippen LogP contribution is 2.27. The number of nitrogens with one attached hydrogen (secondary N) is 1. The van der Waals surface area contributed by atoms with Gasteiger partial charge in [0.05, 0.1) is 6.54 Å². The molecule has 1 N–H and O–H groups in total. The van der Waals surface area contributed by atoms with Crippen molar-refractivity contribution in [1.82, 2.24) is 5.32 Å². The SMILES string of the molecule is O=C(CNCC1CC1)OCc1ccc(Br)cc1. The first-order valence-corrected chi connectivity index (χ1v) is 6.64. The van der Waals surface area contributed by atoms with Crippen LogP contribution in [0.15, 0.2) is 28.7 Å². The molecule has 0 atom stereocenters. The number of esters is 1. The van der Waals surface area contributed by atoms with Crippen LogP contribution in [0.5, 0.6) is 0 Å². The van der Waals surface area contributed by atoms with E-state index in [-0.39, 0.29) is 5.97 Å². The van der Waals surface area contributed by atoms with E-state index in [1.165, 1.54) is 12.8 Å². The van der Waals surface area contributed by atoms with Gasteiger partial charge < -0.3 is 10.1 Å². The van der Waals surface area contributed by atoms with E-state index in [2.05, 4.69) is 21.2 Å². The second kappa shape index (κ2) is 6.17. The number of benzene rings is 1. The molecule has 1 saturated carbocycles. The number of hydrogen-bond donors (Lipinski definition) is 1. The van der Waals surface area contributed by atoms with Crippen molar-refractivity contribution in [3.63, 3.8) is 0 Å². The molecule has 0 radical (unpaired) electrons. The number of rotatable bonds is 6. The van der Waals surface area contributed by atoms with E-state index >= 15 is 0 Å². The van der Waals surface area contributed by atoms with Crippen molar-refractivity contribution >= 4 is 21.9 Å². The summed E-state index contributed by atoms with van der Waals surface area (Å²) in [6.45, 7) is 1.59. The lowest BCUT2D eigenvalue weighted by Gasteiger charge is -2.06. The van der Waals surface area contributed by atoms with Crippen LogP contribution in [-0.4, -0.2) is 19.1 Å². The molecule has 0 aromatic heterocycles. The number of hydrogen-bond acceptors (Lipinski definition) is 3. The summed E-state index contributed by atoms with van der Waals surface area (Å²) in [5.74, 6) is 0.600. The third-order valence-corrected chi connectivity index (χ3v) is 3.24. The summed E-state index contributed by atoms with van der Waals surface area (Å²) >= 11 is 3.36. The molecule has 1 aliphatic rings. The van der Waals surface area contributed by atoms with Gasteiger partial charge in [0.25, 0.3) is 0 Å². The Kier molecular flexibility index (Phi) is 4.57. The third kappa shape index (κ3) is 4.88. The maximum Gasteiger partial charge on any atom is 0.320 e. The Morgan fingerprint density at radius 2 is 2.06 bits per heavy atom. The van der Waals surface area contributed by atoms with Crippen LogP contribution in [0.4, 0.5) is 0 Å². The molecule has 2 rings (SSSR count). The van der Waals surface area contributed by atoms with Crippen LogP contribution in [0, 0.1) is 5.92 Å². The zero-order chi connectivity index (χ0) is 12.1. The third-order valence-electron chi connectivity index (χ3n) is 2.71. The number of ether oxygens (including phenoxy) is 1. The van der Waals surface area contributed by atoms with Crippen molar-refractivity contribution < 1.29 is 9.53 Å². The first-order valence-electron chi connectivity index (χ1n) is 5.85. The van der Waals surface area contributed by atoms with Crippen molar-refractivity contribution in [2.45, 2.75) is 19.4 Å². The van der Waals surface area contributed by atoms with E-state index in [4.69, 9.17) is 4.74 Å². The minimum Gasteiger partial charge on any atom is -0.460 e. The van der Waals surface area contributed by atoms with Gasteiger partial charge in [-0.25, -0.2) is 0 Å². The van der Waals surface area contributed by atoms with E-state index < -0.39 is 0 Å². The molecule has 4 heteroatoms. The van der Waals surface area contributed by atoms with Gasteiger partial charge in [-0.3, -0.25) is 4.79 Å². The summed E-state index contributed by atoms with van der Waals surface area (Å²) in [5, 5.41) is 3.11. The fraction of sp³-hybridized carbons (Fsp3) is 0.462. The normalized spacial score (nSPS) is 14.6. The highest BCUT2D eigenvalue weighted by atomic mass is 79.9. The van der Waals surface area contributed by atoms with Gasteiger partial charge in [0.2, 0.25) is 0 Å². The summed E-state index contributed by atoms with van der Waals surface area (Å²) in [6, 6.07) is 7.76. The first-order chi connectivity index (χ1) is 8.24. The zero-order valence-corrected chi connectivity index (χ0v) is 11.2. The maximum atomic E-state index is 11.4. The van der Waals surface area contributed by atoms with Gasteiger partial charge in [0.15, 0.2) is 0 Å². The Morgan fingerprint density at radius 1 is 1.35 bits per heavy atom. The van der Waals surface area contributed by atoms with Crippen LogP contribution in [-0.2, 0) is 16.1 Å². The van der Waals surface area contributed by atoms with E-state index in [0.29, 0.717) is 13.2 Å². The van der Waals surface area contributed by atoms with Crippen molar-refractivity contribution in [3.05, 3.63) is 34.3 Å². The minimum absolute atomic E-state index is 0.187. The molecular weight excluding hydrogens is 282 g/mol. The minimum atomic E-state index is -0.187. The number of carbonyl (C=O) groups excluding carboxylic acids is 1. The predicted octanol–water partition coefficient (Wildman–Crippen LogP) is 2.49. The molecular formula is C13H16BrNO2. The van der Waals surface area contributed by atoms with Crippen LogP contribution in [0.3, 0.4) is 0 Å². The van der Waals surface area contributed by atoms with E-state index in [9.17, 15) is 4.79 Å². The van der Waals surface area contributed by atoms with Crippen molar-refractivity contribution in [1.29, 1.82) is 0 Å². The van der Waals surface area contributed by atoms with Gasteiger partial charge in [-0.05, 0) is 43.0 Å². The van der Waals surface area contributed by atoms with E-state index in [1.807, 2.05) is 24.3 Å². The van der Waals surface area contributed by atoms with Crippen LogP contribution >= 0.6 is 15.9 Å². The molecule has 1 aliphatic carbocycles. The van der Waals surface area contributed by atoms with Gasteiger partial charge >= 0.3 is 5.97 Å². The Balaban J connectivity index is 1.62. The molecule has 1 aromatic carbocycles. The fourth-order valence-corrected chi connectivity index (χ4v) is 1.76. The Morgan fingerprint density at radius 3 is 2.71 bits per heavy atom. The quantitative estimate of drug-likeness (QED) is 0.820. The lowest BCUT2D eigenvalue weighted by atomic mass is 10.2. The Hall–Kier alpha value is -0.870. The van der Waals surface area contributed by atoms with Crippen LogP contribution in [0.1, 0.15) is 18.4 Å². The molecule has 0 bridgehead atoms. The lowest BCUT2D eigenvalue weighted by molar-refractivity contribution is -0.143. The van der Waals surface area contributed by atoms with Crippen molar-refractivity contribution in [2.24, 2.45) is 5.92 Å². The Bertz CT molecular complexity index is 374. The molecule has 0 aliphatic heterocycles. The molecule has 1 aromatic rings. The van der Waals surface area contributed by atoms with Gasteiger partial charge in [-0.2, -0.15) is 0 Å². The van der Waals surface area contributed by atoms with Gasteiger partial charge in [-0.15, -0.1) is 0 Å². The topological polar surface area (TPSA) is 38.3 Å². The van der Waals surface area contributed by atoms with E-state index in [1.54, 1.807) is 0 Å². The van der Waals surface area contributed by atoms with Gasteiger partial charge in [-0.1, -0.05) is 28.1 Å². The zero-order valence-electron chi connectivity index (χ0n) is 9.62. The van der Waals surface area contributed by atoms with Gasteiger partial charge in [0, 0.05) is 4.47 Å². The van der Waals surface area contributed by atoms with Crippen molar-refractivity contribution in [2.75, 3.05) is 13.1 Å². The van der Waals surface area contributed by atoms with Gasteiger partial charge in [0.1, 0.15) is 6.61 Å². The molecule has 0 saturated heterocycles. The number of halogens is 1. The molecule has 1 fully saturated rings. The monoisotopic (exact) mass is 297 g/mol. The average Bonchev–Trinajstić information content (AvgIpc) is 3.12. The largest absolute Gasteiger partial charge is 0.460 e. The second-order valence-electron chi connectivity index (χ2n) is 4.36. The summed E-state index contributed by atoms with van der Waals surface area (Å²) in [7, 11) is 0. The fourth-order valence-electron chi connectivity index (χ4n) is 1.50. The summed E-state index contributed by atoms with van der Waals surface area (Å²) in [6.07, 6.45) is 2.59. The summed E-state index contributed by atoms with van der Waals surface area (Å²) in [4.78, 5) is 11.4. The molecule has 0 amide bonds. The Labute approximate surface area is 110 Å². The maximum absolute atomic E-state index is 11.4. The molecule has 17 heavy (non-hydrogen) atoms. The predicted molar refractivity (Wildman–Crippen MR) is 69.5 cm³/mol. The smallest absolute Gasteiger partial charge is 0.320 e. The van der Waals surface area contributed by atoms with Crippen LogP contribution in [0.25, 0.3) is 0 Å². The first kappa shape index (κ1) is 12.6. The average molecular weight is 298 g/mol. The molecule has 0 heterocycles. The standard InChI is InChI=1S/C13H16BrNO2/c14-12-5-3-11(4-6-12)9-17-13(16)8-15-7-10-1-2-10/h3-6,10,15H,1-2,7-9H2. The highest BCUT2D eigenvalue weighted by Gasteiger charge is 2.20. The lowest BCUT2D eigenvalue weighted by Crippen LogP contribution is -2.26. The molecule has 0 spiro atoms. The molecule has 92 valence electrons. The summed E-state index contributed by atoms with van der Waals surface area (Å²) in [5.41, 5.74) is 1.00.